The lowest BCUT2D eigenvalue weighted by Crippen LogP contribution is -2.47. The van der Waals surface area contributed by atoms with Crippen molar-refractivity contribution in [2.75, 3.05) is 13.1 Å². The Morgan fingerprint density at radius 3 is 2.78 bits per heavy atom. The Balaban J connectivity index is 1.77. The van der Waals surface area contributed by atoms with Gasteiger partial charge in [0.25, 0.3) is 0 Å². The fourth-order valence-electron chi connectivity index (χ4n) is 4.05. The lowest BCUT2D eigenvalue weighted by atomic mass is 10.0. The fraction of sp³-hybridized carbons (Fsp3) is 0.556. The largest absolute Gasteiger partial charge is 0.338 e. The molecule has 2 saturated heterocycles. The molecule has 122 valence electrons. The van der Waals surface area contributed by atoms with E-state index in [9.17, 15) is 9.18 Å². The van der Waals surface area contributed by atoms with Gasteiger partial charge in [-0.25, -0.2) is 4.39 Å². The van der Waals surface area contributed by atoms with Crippen molar-refractivity contribution in [2.24, 2.45) is 0 Å². The number of rotatable bonds is 3. The maximum Gasteiger partial charge on any atom is 0.219 e. The smallest absolute Gasteiger partial charge is 0.219 e. The minimum absolute atomic E-state index is 0.136. The molecule has 1 aromatic rings. The van der Waals surface area contributed by atoms with Crippen LogP contribution in [0.2, 0.25) is 0 Å². The summed E-state index contributed by atoms with van der Waals surface area (Å²) in [6.45, 7) is 3.90. The molecule has 2 atom stereocenters. The molecule has 23 heavy (non-hydrogen) atoms. The van der Waals surface area contributed by atoms with Crippen LogP contribution in [0.1, 0.15) is 43.7 Å². The van der Waals surface area contributed by atoms with Crippen LogP contribution in [-0.4, -0.2) is 40.9 Å². The van der Waals surface area contributed by atoms with E-state index in [1.807, 2.05) is 4.90 Å². The summed E-state index contributed by atoms with van der Waals surface area (Å²) < 4.78 is 14.1. The SMILES string of the molecule is CC(=O)N1CCC[C@@H]1[C@H]1CCCN1Cc1cc(C#N)ccc1F. The molecule has 4 nitrogen and oxygen atoms in total. The van der Waals surface area contributed by atoms with Crippen molar-refractivity contribution < 1.29 is 9.18 Å². The predicted molar refractivity (Wildman–Crippen MR) is 85.0 cm³/mol. The normalized spacial score (nSPS) is 24.8. The Hall–Kier alpha value is -1.93. The molecular weight excluding hydrogens is 293 g/mol. The molecule has 1 aromatic carbocycles. The number of amides is 1. The van der Waals surface area contributed by atoms with Gasteiger partial charge in [0.1, 0.15) is 5.82 Å². The highest BCUT2D eigenvalue weighted by Crippen LogP contribution is 2.31. The third-order valence-corrected chi connectivity index (χ3v) is 5.11. The predicted octanol–water partition coefficient (Wildman–Crippen LogP) is 2.67. The van der Waals surface area contributed by atoms with Gasteiger partial charge in [0.15, 0.2) is 0 Å². The highest BCUT2D eigenvalue weighted by Gasteiger charge is 2.38. The summed E-state index contributed by atoms with van der Waals surface area (Å²) in [6.07, 6.45) is 4.20. The van der Waals surface area contributed by atoms with Gasteiger partial charge < -0.3 is 4.90 Å². The maximum atomic E-state index is 14.1. The first kappa shape index (κ1) is 15.9. The van der Waals surface area contributed by atoms with Crippen LogP contribution in [0, 0.1) is 17.1 Å². The molecule has 3 rings (SSSR count). The van der Waals surface area contributed by atoms with Crippen molar-refractivity contribution in [3.63, 3.8) is 0 Å². The second-order valence-electron chi connectivity index (χ2n) is 6.52. The zero-order valence-electron chi connectivity index (χ0n) is 13.5. The number of hydrogen-bond donors (Lipinski definition) is 0. The molecule has 2 heterocycles. The number of nitriles is 1. The van der Waals surface area contributed by atoms with Gasteiger partial charge in [-0.1, -0.05) is 0 Å². The number of halogens is 1. The molecule has 0 saturated carbocycles. The second kappa shape index (κ2) is 6.67. The molecule has 0 aromatic heterocycles. The summed E-state index contributed by atoms with van der Waals surface area (Å²) in [6, 6.07) is 7.14. The summed E-state index contributed by atoms with van der Waals surface area (Å²) in [5, 5.41) is 9.00. The monoisotopic (exact) mass is 315 g/mol. The van der Waals surface area contributed by atoms with E-state index in [2.05, 4.69) is 11.0 Å². The van der Waals surface area contributed by atoms with E-state index in [0.717, 1.165) is 38.8 Å². The number of likely N-dealkylation sites (tertiary alicyclic amines) is 2. The molecule has 0 spiro atoms. The quantitative estimate of drug-likeness (QED) is 0.861. The minimum atomic E-state index is -0.260. The third-order valence-electron chi connectivity index (χ3n) is 5.11. The number of nitrogens with zero attached hydrogens (tertiary/aromatic N) is 3. The van der Waals surface area contributed by atoms with E-state index in [1.165, 1.54) is 12.1 Å². The van der Waals surface area contributed by atoms with E-state index in [1.54, 1.807) is 13.0 Å². The van der Waals surface area contributed by atoms with Gasteiger partial charge in [-0.3, -0.25) is 9.69 Å². The van der Waals surface area contributed by atoms with Crippen LogP contribution in [0.15, 0.2) is 18.2 Å². The molecule has 2 aliphatic rings. The van der Waals surface area contributed by atoms with Crippen LogP contribution < -0.4 is 0 Å². The Morgan fingerprint density at radius 1 is 1.30 bits per heavy atom. The Bertz CT molecular complexity index is 640. The zero-order chi connectivity index (χ0) is 16.4. The van der Waals surface area contributed by atoms with E-state index < -0.39 is 0 Å². The van der Waals surface area contributed by atoms with Crippen LogP contribution in [-0.2, 0) is 11.3 Å². The minimum Gasteiger partial charge on any atom is -0.338 e. The topological polar surface area (TPSA) is 47.3 Å². The van der Waals surface area contributed by atoms with Crippen LogP contribution in [0.5, 0.6) is 0 Å². The number of carbonyl (C=O) groups excluding carboxylic acids is 1. The van der Waals surface area contributed by atoms with Gasteiger partial charge in [0.05, 0.1) is 11.6 Å². The van der Waals surface area contributed by atoms with Crippen molar-refractivity contribution in [1.29, 1.82) is 5.26 Å². The van der Waals surface area contributed by atoms with Gasteiger partial charge >= 0.3 is 0 Å². The average molecular weight is 315 g/mol. The van der Waals surface area contributed by atoms with Crippen LogP contribution in [0.3, 0.4) is 0 Å². The van der Waals surface area contributed by atoms with Crippen LogP contribution in [0.25, 0.3) is 0 Å². The second-order valence-corrected chi connectivity index (χ2v) is 6.52. The Kier molecular flexibility index (Phi) is 4.63. The molecule has 0 bridgehead atoms. The third kappa shape index (κ3) is 3.23. The highest BCUT2D eigenvalue weighted by molar-refractivity contribution is 5.74. The number of benzene rings is 1. The maximum absolute atomic E-state index is 14.1. The molecule has 0 aliphatic carbocycles. The summed E-state index contributed by atoms with van der Waals surface area (Å²) in [4.78, 5) is 16.1. The van der Waals surface area contributed by atoms with Gasteiger partial charge in [-0.05, 0) is 50.4 Å². The fourth-order valence-corrected chi connectivity index (χ4v) is 4.05. The van der Waals surface area contributed by atoms with E-state index >= 15 is 0 Å². The van der Waals surface area contributed by atoms with Crippen molar-refractivity contribution >= 4 is 5.91 Å². The lowest BCUT2D eigenvalue weighted by molar-refractivity contribution is -0.130. The van der Waals surface area contributed by atoms with E-state index in [-0.39, 0.29) is 17.8 Å². The highest BCUT2D eigenvalue weighted by atomic mass is 19.1. The molecule has 1 amide bonds. The summed E-state index contributed by atoms with van der Waals surface area (Å²) >= 11 is 0. The van der Waals surface area contributed by atoms with Crippen molar-refractivity contribution in [1.82, 2.24) is 9.80 Å². The zero-order valence-corrected chi connectivity index (χ0v) is 13.5. The lowest BCUT2D eigenvalue weighted by Gasteiger charge is -2.34. The van der Waals surface area contributed by atoms with Crippen molar-refractivity contribution in [3.05, 3.63) is 35.1 Å². The molecule has 0 radical (unpaired) electrons. The standard InChI is InChI=1S/C18H22FN3O/c1-13(23)22-9-3-5-18(22)17-4-2-8-21(17)12-15-10-14(11-20)6-7-16(15)19/h6-7,10,17-18H,2-5,8-9,12H2,1H3/t17-,18-/m1/s1. The molecular formula is C18H22FN3O. The molecule has 2 aliphatic heterocycles. The molecule has 0 unspecified atom stereocenters. The van der Waals surface area contributed by atoms with Gasteiger partial charge in [-0.2, -0.15) is 5.26 Å². The van der Waals surface area contributed by atoms with Crippen molar-refractivity contribution in [3.8, 4) is 6.07 Å². The number of hydrogen-bond acceptors (Lipinski definition) is 3. The first-order valence-corrected chi connectivity index (χ1v) is 8.30. The molecule has 5 heteroatoms. The van der Waals surface area contributed by atoms with E-state index in [4.69, 9.17) is 5.26 Å². The summed E-state index contributed by atoms with van der Waals surface area (Å²) in [5.41, 5.74) is 1.06. The summed E-state index contributed by atoms with van der Waals surface area (Å²) in [5.74, 6) is -0.124. The van der Waals surface area contributed by atoms with Gasteiger partial charge in [0.2, 0.25) is 5.91 Å². The van der Waals surface area contributed by atoms with Gasteiger partial charge in [0, 0.05) is 37.7 Å². The van der Waals surface area contributed by atoms with Crippen LogP contribution >= 0.6 is 0 Å². The summed E-state index contributed by atoms with van der Waals surface area (Å²) in [7, 11) is 0. The first-order chi connectivity index (χ1) is 11.1. The van der Waals surface area contributed by atoms with Crippen molar-refractivity contribution in [2.45, 2.75) is 51.2 Å². The first-order valence-electron chi connectivity index (χ1n) is 8.30. The van der Waals surface area contributed by atoms with Crippen LogP contribution in [0.4, 0.5) is 4.39 Å². The number of carbonyl (C=O) groups is 1. The Labute approximate surface area is 136 Å². The molecule has 0 N–H and O–H groups in total. The van der Waals surface area contributed by atoms with Gasteiger partial charge in [-0.15, -0.1) is 0 Å². The van der Waals surface area contributed by atoms with E-state index in [0.29, 0.717) is 23.7 Å². The average Bonchev–Trinajstić information content (AvgIpc) is 3.17. The Morgan fingerprint density at radius 2 is 2.04 bits per heavy atom. The molecule has 2 fully saturated rings.